The number of thioether (sulfide) groups is 2. The Bertz CT molecular complexity index is 839. The Morgan fingerprint density at radius 2 is 1.57 bits per heavy atom. The van der Waals surface area contributed by atoms with E-state index in [4.69, 9.17) is 9.47 Å². The molecular formula is C24H28O4S2. The number of ether oxygens (including phenoxy) is 2. The van der Waals surface area contributed by atoms with Crippen LogP contribution in [0.5, 0.6) is 0 Å². The minimum absolute atomic E-state index is 0.302. The predicted octanol–water partition coefficient (Wildman–Crippen LogP) is 4.96. The molecule has 0 saturated carbocycles. The lowest BCUT2D eigenvalue weighted by Crippen LogP contribution is -2.43. The first-order valence-corrected chi connectivity index (χ1v) is 12.1. The number of carbonyl (C=O) groups is 2. The Kier molecular flexibility index (Phi) is 7.89. The average molecular weight is 445 g/mol. The maximum Gasteiger partial charge on any atom is 0.313 e. The highest BCUT2D eigenvalue weighted by Crippen LogP contribution is 2.44. The first kappa shape index (κ1) is 22.8. The molecule has 1 heterocycles. The van der Waals surface area contributed by atoms with Gasteiger partial charge in [-0.25, -0.2) is 0 Å². The van der Waals surface area contributed by atoms with Gasteiger partial charge in [0, 0.05) is 22.0 Å². The highest BCUT2D eigenvalue weighted by molar-refractivity contribution is 7.99. The molecule has 0 amide bonds. The molecule has 3 atom stereocenters. The zero-order chi connectivity index (χ0) is 21.6. The fraction of sp³-hybridized carbons (Fsp3) is 0.417. The molecular weight excluding hydrogens is 416 g/mol. The Hall–Kier alpha value is -1.92. The highest BCUT2D eigenvalue weighted by Gasteiger charge is 2.55. The van der Waals surface area contributed by atoms with Crippen LogP contribution in [0.3, 0.4) is 0 Å². The second kappa shape index (κ2) is 10.4. The van der Waals surface area contributed by atoms with Crippen molar-refractivity contribution in [2.24, 2.45) is 11.8 Å². The minimum atomic E-state index is -0.593. The van der Waals surface area contributed by atoms with Gasteiger partial charge in [0.15, 0.2) is 0 Å². The minimum Gasteiger partial charge on any atom is -0.469 e. The van der Waals surface area contributed by atoms with Crippen LogP contribution in [0, 0.1) is 11.8 Å². The Balaban J connectivity index is 1.68. The van der Waals surface area contributed by atoms with Gasteiger partial charge in [-0.1, -0.05) is 60.7 Å². The van der Waals surface area contributed by atoms with E-state index in [-0.39, 0.29) is 11.9 Å². The molecule has 0 aromatic heterocycles. The fourth-order valence-corrected chi connectivity index (χ4v) is 5.85. The molecule has 2 aromatic carbocycles. The maximum atomic E-state index is 12.7. The lowest BCUT2D eigenvalue weighted by molar-refractivity contribution is -0.148. The molecule has 1 aliphatic rings. The van der Waals surface area contributed by atoms with Gasteiger partial charge in [0.2, 0.25) is 0 Å². The van der Waals surface area contributed by atoms with Crippen LogP contribution in [0.2, 0.25) is 0 Å². The Morgan fingerprint density at radius 1 is 1.00 bits per heavy atom. The molecule has 0 bridgehead atoms. The molecule has 1 unspecified atom stereocenters. The van der Waals surface area contributed by atoms with Crippen LogP contribution in [-0.4, -0.2) is 35.7 Å². The van der Waals surface area contributed by atoms with Crippen LogP contribution in [0.25, 0.3) is 0 Å². The lowest BCUT2D eigenvalue weighted by Gasteiger charge is -2.33. The van der Waals surface area contributed by atoms with Crippen molar-refractivity contribution in [3.63, 3.8) is 0 Å². The number of methoxy groups -OCH3 is 1. The van der Waals surface area contributed by atoms with E-state index in [9.17, 15) is 9.59 Å². The molecule has 2 aromatic rings. The van der Waals surface area contributed by atoms with Gasteiger partial charge in [0.05, 0.1) is 13.0 Å². The number of esters is 2. The van der Waals surface area contributed by atoms with Crippen molar-refractivity contribution in [2.75, 3.05) is 12.9 Å². The first-order chi connectivity index (χ1) is 14.4. The molecule has 160 valence electrons. The van der Waals surface area contributed by atoms with Crippen molar-refractivity contribution in [2.45, 2.75) is 36.2 Å². The number of hydrogen-bond donors (Lipinski definition) is 0. The lowest BCUT2D eigenvalue weighted by atomic mass is 9.86. The largest absolute Gasteiger partial charge is 0.469 e. The number of carbonyl (C=O) groups excluding carboxylic acids is 2. The molecule has 1 saturated heterocycles. The molecule has 0 radical (unpaired) electrons. The molecule has 3 rings (SSSR count). The summed E-state index contributed by atoms with van der Waals surface area (Å²) < 4.78 is 10.4. The van der Waals surface area contributed by atoms with E-state index in [2.05, 4.69) is 24.3 Å². The van der Waals surface area contributed by atoms with Crippen molar-refractivity contribution in [1.82, 2.24) is 0 Å². The number of cyclic esters (lactones) is 1. The van der Waals surface area contributed by atoms with Gasteiger partial charge < -0.3 is 9.47 Å². The third-order valence-corrected chi connectivity index (χ3v) is 7.91. The summed E-state index contributed by atoms with van der Waals surface area (Å²) in [6.07, 6.45) is -0.520. The molecule has 1 fully saturated rings. The number of hydrogen-bond acceptors (Lipinski definition) is 6. The van der Waals surface area contributed by atoms with Crippen LogP contribution in [-0.2, 0) is 30.6 Å². The van der Waals surface area contributed by atoms with Gasteiger partial charge in [0.1, 0.15) is 12.0 Å². The molecule has 6 heteroatoms. The van der Waals surface area contributed by atoms with Crippen molar-refractivity contribution in [3.05, 3.63) is 71.8 Å². The van der Waals surface area contributed by atoms with Gasteiger partial charge in [-0.05, 0) is 25.0 Å². The van der Waals surface area contributed by atoms with E-state index in [1.54, 1.807) is 23.5 Å². The van der Waals surface area contributed by atoms with Crippen LogP contribution >= 0.6 is 23.5 Å². The fourth-order valence-electron chi connectivity index (χ4n) is 3.62. The molecule has 0 spiro atoms. The topological polar surface area (TPSA) is 52.6 Å². The number of benzene rings is 2. The molecule has 1 aliphatic heterocycles. The first-order valence-electron chi connectivity index (χ1n) is 10.0. The van der Waals surface area contributed by atoms with E-state index in [0.717, 1.165) is 11.5 Å². The smallest absolute Gasteiger partial charge is 0.313 e. The number of rotatable bonds is 9. The standard InChI is InChI=1S/C24H28O4S2/c1-24(2,30-15-18-12-8-5-9-13-18)21-20(23(26)27-3)19(22(25)28-21)16-29-14-17-10-6-4-7-11-17/h4-13,19-21H,14-16H2,1-3H3/t19-,20+,21?/m1/s1. The molecule has 30 heavy (non-hydrogen) atoms. The van der Waals surface area contributed by atoms with Gasteiger partial charge in [-0.3, -0.25) is 9.59 Å². The summed E-state index contributed by atoms with van der Waals surface area (Å²) in [7, 11) is 1.38. The quantitative estimate of drug-likeness (QED) is 0.510. The molecule has 4 nitrogen and oxygen atoms in total. The van der Waals surface area contributed by atoms with E-state index in [0.29, 0.717) is 5.75 Å². The van der Waals surface area contributed by atoms with Crippen molar-refractivity contribution in [3.8, 4) is 0 Å². The summed E-state index contributed by atoms with van der Waals surface area (Å²) in [4.78, 5) is 25.4. The van der Waals surface area contributed by atoms with Crippen LogP contribution in [0.1, 0.15) is 25.0 Å². The summed E-state index contributed by atoms with van der Waals surface area (Å²) in [5.41, 5.74) is 2.39. The SMILES string of the molecule is COC(=O)[C@@H]1C(C(C)(C)SCc2ccccc2)OC(=O)[C@@H]1CSCc1ccccc1. The monoisotopic (exact) mass is 444 g/mol. The van der Waals surface area contributed by atoms with Gasteiger partial charge in [0.25, 0.3) is 0 Å². The molecule has 0 aliphatic carbocycles. The van der Waals surface area contributed by atoms with Crippen molar-refractivity contribution < 1.29 is 19.1 Å². The van der Waals surface area contributed by atoms with Gasteiger partial charge >= 0.3 is 11.9 Å². The van der Waals surface area contributed by atoms with E-state index in [1.165, 1.54) is 18.2 Å². The average Bonchev–Trinajstić information content (AvgIpc) is 3.10. The Morgan fingerprint density at radius 3 is 2.13 bits per heavy atom. The molecule has 0 N–H and O–H groups in total. The van der Waals surface area contributed by atoms with E-state index < -0.39 is 22.7 Å². The third-order valence-electron chi connectivity index (χ3n) is 5.33. The van der Waals surface area contributed by atoms with E-state index >= 15 is 0 Å². The van der Waals surface area contributed by atoms with Crippen molar-refractivity contribution >= 4 is 35.5 Å². The zero-order valence-electron chi connectivity index (χ0n) is 17.6. The van der Waals surface area contributed by atoms with Crippen LogP contribution in [0.4, 0.5) is 0 Å². The summed E-state index contributed by atoms with van der Waals surface area (Å²) >= 11 is 3.34. The Labute approximate surface area is 187 Å². The van der Waals surface area contributed by atoms with E-state index in [1.807, 2.05) is 50.2 Å². The highest BCUT2D eigenvalue weighted by atomic mass is 32.2. The second-order valence-electron chi connectivity index (χ2n) is 7.89. The summed E-state index contributed by atoms with van der Waals surface area (Å²) in [5.74, 6) is 0.341. The third kappa shape index (κ3) is 5.61. The van der Waals surface area contributed by atoms with Crippen LogP contribution < -0.4 is 0 Å². The van der Waals surface area contributed by atoms with Crippen molar-refractivity contribution in [1.29, 1.82) is 0 Å². The second-order valence-corrected chi connectivity index (χ2v) is 10.6. The normalized spacial score (nSPS) is 21.3. The maximum absolute atomic E-state index is 12.7. The summed E-state index contributed by atoms with van der Waals surface area (Å²) in [6, 6.07) is 20.3. The van der Waals surface area contributed by atoms with Gasteiger partial charge in [-0.15, -0.1) is 11.8 Å². The predicted molar refractivity (Wildman–Crippen MR) is 123 cm³/mol. The summed E-state index contributed by atoms with van der Waals surface area (Å²) in [5, 5.41) is 0. The zero-order valence-corrected chi connectivity index (χ0v) is 19.2. The summed E-state index contributed by atoms with van der Waals surface area (Å²) in [6.45, 7) is 4.07. The van der Waals surface area contributed by atoms with Gasteiger partial charge in [-0.2, -0.15) is 11.8 Å². The van der Waals surface area contributed by atoms with Crippen LogP contribution in [0.15, 0.2) is 60.7 Å².